The quantitative estimate of drug-likeness (QED) is 0.515. The first kappa shape index (κ1) is 7.60. The molecule has 1 nitrogen and oxygen atoms in total. The predicted molar refractivity (Wildman–Crippen MR) is 47.5 cm³/mol. The summed E-state index contributed by atoms with van der Waals surface area (Å²) in [6.07, 6.45) is 1.51. The largest absolute Gasteiger partial charge is 0.295 e. The predicted octanol–water partition coefficient (Wildman–Crippen LogP) is 2.13. The van der Waals surface area contributed by atoms with E-state index >= 15 is 0 Å². The van der Waals surface area contributed by atoms with E-state index < -0.39 is 0 Å². The molecule has 2 fully saturated rings. The molecule has 0 aromatic rings. The van der Waals surface area contributed by atoms with E-state index in [1.807, 2.05) is 0 Å². The molecule has 1 saturated heterocycles. The van der Waals surface area contributed by atoms with Gasteiger partial charge in [0, 0.05) is 18.1 Å². The Morgan fingerprint density at radius 1 is 1.27 bits per heavy atom. The van der Waals surface area contributed by atoms with Gasteiger partial charge in [-0.2, -0.15) is 0 Å². The lowest BCUT2D eigenvalue weighted by atomic mass is 10.0. The summed E-state index contributed by atoms with van der Waals surface area (Å²) >= 11 is 0. The Morgan fingerprint density at radius 3 is 2.18 bits per heavy atom. The Kier molecular flexibility index (Phi) is 1.39. The molecule has 0 amide bonds. The Balaban J connectivity index is 2.07. The fourth-order valence-corrected chi connectivity index (χ4v) is 2.61. The van der Waals surface area contributed by atoms with Crippen molar-refractivity contribution in [2.75, 3.05) is 6.54 Å². The highest BCUT2D eigenvalue weighted by atomic mass is 15.3. The van der Waals surface area contributed by atoms with E-state index in [-0.39, 0.29) is 0 Å². The van der Waals surface area contributed by atoms with Crippen molar-refractivity contribution in [2.45, 2.75) is 45.7 Å². The van der Waals surface area contributed by atoms with E-state index in [2.05, 4.69) is 32.6 Å². The van der Waals surface area contributed by atoms with E-state index in [4.69, 9.17) is 0 Å². The maximum atomic E-state index is 2.66. The van der Waals surface area contributed by atoms with Crippen LogP contribution in [-0.4, -0.2) is 23.0 Å². The number of likely N-dealkylation sites (tertiary alicyclic amines) is 1. The van der Waals surface area contributed by atoms with Crippen LogP contribution < -0.4 is 0 Å². The summed E-state index contributed by atoms with van der Waals surface area (Å²) in [6, 6.07) is 0.847. The zero-order valence-corrected chi connectivity index (χ0v) is 8.09. The van der Waals surface area contributed by atoms with Gasteiger partial charge in [-0.15, -0.1) is 0 Å². The van der Waals surface area contributed by atoms with Gasteiger partial charge in [-0.3, -0.25) is 4.90 Å². The molecule has 0 aromatic carbocycles. The minimum absolute atomic E-state index is 0.396. The maximum absolute atomic E-state index is 2.66. The molecular weight excluding hydrogens is 134 g/mol. The first-order chi connectivity index (χ1) is 5.00. The topological polar surface area (TPSA) is 3.24 Å². The summed E-state index contributed by atoms with van der Waals surface area (Å²) in [5.74, 6) is 2.11. The average Bonchev–Trinajstić information content (AvgIpc) is 2.52. The van der Waals surface area contributed by atoms with E-state index in [9.17, 15) is 0 Å². The number of nitrogens with zero attached hydrogens (tertiary/aromatic N) is 1. The number of rotatable bonds is 0. The van der Waals surface area contributed by atoms with Gasteiger partial charge >= 0.3 is 0 Å². The van der Waals surface area contributed by atoms with Crippen LogP contribution in [0.5, 0.6) is 0 Å². The zero-order valence-electron chi connectivity index (χ0n) is 8.09. The lowest BCUT2D eigenvalue weighted by Gasteiger charge is -2.37. The van der Waals surface area contributed by atoms with Crippen LogP contribution in [0.3, 0.4) is 0 Å². The van der Waals surface area contributed by atoms with Crippen molar-refractivity contribution < 1.29 is 0 Å². The monoisotopic (exact) mass is 153 g/mol. The highest BCUT2D eigenvalue weighted by Crippen LogP contribution is 2.51. The number of piperidine rings is 1. The Morgan fingerprint density at radius 2 is 1.91 bits per heavy atom. The molecule has 0 radical (unpaired) electrons. The second-order valence-corrected chi connectivity index (χ2v) is 5.22. The minimum atomic E-state index is 0.396. The van der Waals surface area contributed by atoms with E-state index in [1.54, 1.807) is 0 Å². The molecule has 11 heavy (non-hydrogen) atoms. The van der Waals surface area contributed by atoms with Gasteiger partial charge in [0.05, 0.1) is 0 Å². The van der Waals surface area contributed by atoms with Crippen LogP contribution in [0.1, 0.15) is 34.1 Å². The van der Waals surface area contributed by atoms with Crippen LogP contribution in [0.15, 0.2) is 0 Å². The van der Waals surface area contributed by atoms with Gasteiger partial charge in [0.2, 0.25) is 0 Å². The summed E-state index contributed by atoms with van der Waals surface area (Å²) in [5, 5.41) is 0. The second-order valence-electron chi connectivity index (χ2n) is 5.22. The van der Waals surface area contributed by atoms with Gasteiger partial charge in [-0.1, -0.05) is 0 Å². The molecule has 1 saturated carbocycles. The Bertz CT molecular complexity index is 168. The molecular formula is C10H19N. The SMILES string of the molecule is C[C@@H]1[C@H]2C[C@H]2CN1C(C)(C)C. The van der Waals surface area contributed by atoms with Crippen molar-refractivity contribution >= 4 is 0 Å². The van der Waals surface area contributed by atoms with E-state index in [0.29, 0.717) is 5.54 Å². The van der Waals surface area contributed by atoms with Gasteiger partial charge in [0.25, 0.3) is 0 Å². The fourth-order valence-electron chi connectivity index (χ4n) is 2.61. The summed E-state index contributed by atoms with van der Waals surface area (Å²) in [5.41, 5.74) is 0.396. The van der Waals surface area contributed by atoms with E-state index in [1.165, 1.54) is 13.0 Å². The Labute approximate surface area is 69.8 Å². The normalized spacial score (nSPS) is 44.2. The van der Waals surface area contributed by atoms with Gasteiger partial charge in [0.1, 0.15) is 0 Å². The average molecular weight is 153 g/mol. The standard InChI is InChI=1S/C10H19N/c1-7-9-5-8(9)6-11(7)10(2,3)4/h7-9H,5-6H2,1-4H3/t7-,8+,9-/m1/s1. The van der Waals surface area contributed by atoms with E-state index in [0.717, 1.165) is 17.9 Å². The third kappa shape index (κ3) is 1.10. The highest BCUT2D eigenvalue weighted by Gasteiger charge is 2.52. The zero-order chi connectivity index (χ0) is 8.22. The molecule has 1 aliphatic heterocycles. The lowest BCUT2D eigenvalue weighted by Crippen LogP contribution is -2.45. The van der Waals surface area contributed by atoms with Crippen LogP contribution in [0.4, 0.5) is 0 Å². The van der Waals surface area contributed by atoms with Crippen LogP contribution in [0, 0.1) is 11.8 Å². The molecule has 64 valence electrons. The molecule has 2 rings (SSSR count). The molecule has 2 aliphatic rings. The van der Waals surface area contributed by atoms with Crippen molar-refractivity contribution in [2.24, 2.45) is 11.8 Å². The third-order valence-electron chi connectivity index (χ3n) is 3.38. The molecule has 0 unspecified atom stereocenters. The van der Waals surface area contributed by atoms with Crippen molar-refractivity contribution in [1.82, 2.24) is 4.90 Å². The molecule has 0 aromatic heterocycles. The van der Waals surface area contributed by atoms with Gasteiger partial charge in [-0.25, -0.2) is 0 Å². The van der Waals surface area contributed by atoms with Crippen LogP contribution in [0.2, 0.25) is 0 Å². The van der Waals surface area contributed by atoms with Crippen LogP contribution in [0.25, 0.3) is 0 Å². The van der Waals surface area contributed by atoms with Gasteiger partial charge in [0.15, 0.2) is 0 Å². The van der Waals surface area contributed by atoms with Gasteiger partial charge in [-0.05, 0) is 46.0 Å². The van der Waals surface area contributed by atoms with Crippen LogP contribution >= 0.6 is 0 Å². The molecule has 1 aliphatic carbocycles. The maximum Gasteiger partial charge on any atom is 0.0128 e. The molecule has 0 spiro atoms. The summed E-state index contributed by atoms with van der Waals surface area (Å²) < 4.78 is 0. The molecule has 1 heterocycles. The number of hydrogen-bond donors (Lipinski definition) is 0. The number of fused-ring (bicyclic) bond motifs is 1. The van der Waals surface area contributed by atoms with Crippen molar-refractivity contribution in [3.63, 3.8) is 0 Å². The first-order valence-corrected chi connectivity index (χ1v) is 4.77. The fraction of sp³-hybridized carbons (Fsp3) is 1.00. The lowest BCUT2D eigenvalue weighted by molar-refractivity contribution is 0.109. The van der Waals surface area contributed by atoms with Crippen molar-refractivity contribution in [1.29, 1.82) is 0 Å². The van der Waals surface area contributed by atoms with Crippen molar-refractivity contribution in [3.8, 4) is 0 Å². The smallest absolute Gasteiger partial charge is 0.0128 e. The molecule has 0 bridgehead atoms. The first-order valence-electron chi connectivity index (χ1n) is 4.77. The number of hydrogen-bond acceptors (Lipinski definition) is 1. The molecule has 3 atom stereocenters. The molecule has 1 heteroatoms. The molecule has 0 N–H and O–H groups in total. The Hall–Kier alpha value is -0.0400. The summed E-state index contributed by atoms with van der Waals surface area (Å²) in [4.78, 5) is 2.66. The second kappa shape index (κ2) is 2.01. The third-order valence-corrected chi connectivity index (χ3v) is 3.38. The van der Waals surface area contributed by atoms with Crippen LogP contribution in [-0.2, 0) is 0 Å². The minimum Gasteiger partial charge on any atom is -0.295 e. The summed E-state index contributed by atoms with van der Waals surface area (Å²) in [6.45, 7) is 10.7. The highest BCUT2D eigenvalue weighted by molar-refractivity contribution is 5.05. The van der Waals surface area contributed by atoms with Crippen molar-refractivity contribution in [3.05, 3.63) is 0 Å². The summed E-state index contributed by atoms with van der Waals surface area (Å²) in [7, 11) is 0. The van der Waals surface area contributed by atoms with Gasteiger partial charge < -0.3 is 0 Å².